The summed E-state index contributed by atoms with van der Waals surface area (Å²) < 4.78 is 13.3. The minimum Gasteiger partial charge on any atom is -0.508 e. The second-order valence-electron chi connectivity index (χ2n) is 8.21. The Morgan fingerprint density at radius 2 is 1.94 bits per heavy atom. The fraction of sp³-hybridized carbons (Fsp3) is 0.348. The lowest BCUT2D eigenvalue weighted by Crippen LogP contribution is -2.53. The SMILES string of the molecule is NCC1(N/C=C(/C(N)=O)C(N)=Nc2ccnc(F)c2)CCC(NCc2ccc(O)cc2)CC1. The molecule has 1 heterocycles. The van der Waals surface area contributed by atoms with Gasteiger partial charge in [0.25, 0.3) is 5.91 Å². The van der Waals surface area contributed by atoms with Gasteiger partial charge < -0.3 is 32.9 Å². The molecule has 0 unspecified atom stereocenters. The standard InChI is InChI=1S/C23H30FN7O2/c24-20-11-17(7-10-28-20)31-21(26)19(22(27)33)13-30-23(14-25)8-5-16(6-9-23)29-12-15-1-3-18(32)4-2-15/h1-4,7,10-11,13,16,29-30,32H,5-6,8-9,12,14,25H2,(H2,27,33)(H2,26,28,31)/b19-13+. The monoisotopic (exact) mass is 455 g/mol. The van der Waals surface area contributed by atoms with Gasteiger partial charge in [0.2, 0.25) is 5.95 Å². The molecule has 1 aliphatic rings. The van der Waals surface area contributed by atoms with Crippen molar-refractivity contribution in [3.63, 3.8) is 0 Å². The third-order valence-corrected chi connectivity index (χ3v) is 5.89. The Bertz CT molecular complexity index is 1020. The Balaban J connectivity index is 1.62. The van der Waals surface area contributed by atoms with Crippen LogP contribution >= 0.6 is 0 Å². The van der Waals surface area contributed by atoms with Crippen molar-refractivity contribution in [3.8, 4) is 5.75 Å². The summed E-state index contributed by atoms with van der Waals surface area (Å²) in [6.07, 6.45) is 6.06. The normalized spacial score (nSPS) is 21.6. The summed E-state index contributed by atoms with van der Waals surface area (Å²) in [6.45, 7) is 1.08. The van der Waals surface area contributed by atoms with E-state index >= 15 is 0 Å². The third kappa shape index (κ3) is 6.74. The zero-order chi connectivity index (χ0) is 23.8. The summed E-state index contributed by atoms with van der Waals surface area (Å²) in [6, 6.07) is 10.0. The third-order valence-electron chi connectivity index (χ3n) is 5.89. The number of halogens is 1. The van der Waals surface area contributed by atoms with Gasteiger partial charge in [-0.25, -0.2) is 9.98 Å². The first kappa shape index (κ1) is 24.1. The molecule has 9 nitrogen and oxygen atoms in total. The van der Waals surface area contributed by atoms with Gasteiger partial charge in [-0.2, -0.15) is 4.39 Å². The van der Waals surface area contributed by atoms with E-state index in [1.165, 1.54) is 18.5 Å². The highest BCUT2D eigenvalue weighted by Gasteiger charge is 2.33. The number of nitrogens with two attached hydrogens (primary N) is 3. The van der Waals surface area contributed by atoms with E-state index in [9.17, 15) is 14.3 Å². The number of carbonyl (C=O) groups is 1. The molecule has 9 N–H and O–H groups in total. The summed E-state index contributed by atoms with van der Waals surface area (Å²) in [5.41, 5.74) is 18.5. The summed E-state index contributed by atoms with van der Waals surface area (Å²) in [7, 11) is 0. The first-order valence-electron chi connectivity index (χ1n) is 10.8. The van der Waals surface area contributed by atoms with E-state index in [0.29, 0.717) is 19.1 Å². The van der Waals surface area contributed by atoms with Gasteiger partial charge in [0, 0.05) is 43.1 Å². The molecule has 1 aromatic carbocycles. The van der Waals surface area contributed by atoms with Gasteiger partial charge in [0.05, 0.1) is 11.3 Å². The highest BCUT2D eigenvalue weighted by atomic mass is 19.1. The molecule has 1 amide bonds. The van der Waals surface area contributed by atoms with Crippen LogP contribution in [0.25, 0.3) is 0 Å². The number of aromatic hydroxyl groups is 1. The van der Waals surface area contributed by atoms with Crippen molar-refractivity contribution >= 4 is 17.4 Å². The van der Waals surface area contributed by atoms with Crippen molar-refractivity contribution < 1.29 is 14.3 Å². The molecule has 1 fully saturated rings. The van der Waals surface area contributed by atoms with E-state index in [1.807, 2.05) is 12.1 Å². The van der Waals surface area contributed by atoms with Crippen molar-refractivity contribution in [2.45, 2.75) is 43.8 Å². The van der Waals surface area contributed by atoms with E-state index in [-0.39, 0.29) is 22.8 Å². The van der Waals surface area contributed by atoms with Crippen LogP contribution in [-0.4, -0.2) is 40.0 Å². The Morgan fingerprint density at radius 1 is 1.24 bits per heavy atom. The van der Waals surface area contributed by atoms with Crippen molar-refractivity contribution in [1.29, 1.82) is 0 Å². The van der Waals surface area contributed by atoms with Crippen LogP contribution < -0.4 is 27.8 Å². The number of aliphatic imine (C=N–C) groups is 1. The molecule has 1 aliphatic carbocycles. The molecule has 0 radical (unpaired) electrons. The molecular weight excluding hydrogens is 425 g/mol. The molecule has 0 bridgehead atoms. The zero-order valence-corrected chi connectivity index (χ0v) is 18.3. The first-order valence-corrected chi connectivity index (χ1v) is 10.8. The molecule has 176 valence electrons. The number of nitrogens with one attached hydrogen (secondary N) is 2. The second-order valence-corrected chi connectivity index (χ2v) is 8.21. The average Bonchev–Trinajstić information content (AvgIpc) is 2.79. The minimum absolute atomic E-state index is 0.00683. The number of nitrogens with zero attached hydrogens (tertiary/aromatic N) is 2. The van der Waals surface area contributed by atoms with E-state index < -0.39 is 17.4 Å². The van der Waals surface area contributed by atoms with E-state index in [4.69, 9.17) is 17.2 Å². The van der Waals surface area contributed by atoms with Gasteiger partial charge in [-0.3, -0.25) is 4.79 Å². The quantitative estimate of drug-likeness (QED) is 0.144. The number of benzene rings is 1. The minimum atomic E-state index is -0.755. The van der Waals surface area contributed by atoms with Crippen molar-refractivity contribution in [2.24, 2.45) is 22.2 Å². The molecule has 1 aromatic heterocycles. The lowest BCUT2D eigenvalue weighted by molar-refractivity contribution is -0.114. The van der Waals surface area contributed by atoms with Gasteiger partial charge in [-0.1, -0.05) is 12.1 Å². The maximum atomic E-state index is 13.3. The molecule has 3 rings (SSSR count). The lowest BCUT2D eigenvalue weighted by Gasteiger charge is -2.40. The zero-order valence-electron chi connectivity index (χ0n) is 18.3. The Morgan fingerprint density at radius 3 is 2.55 bits per heavy atom. The Kier molecular flexibility index (Phi) is 7.96. The molecule has 0 atom stereocenters. The highest BCUT2D eigenvalue weighted by Crippen LogP contribution is 2.28. The number of phenols is 1. The molecule has 0 saturated heterocycles. The number of hydrogen-bond acceptors (Lipinski definition) is 7. The molecule has 0 spiro atoms. The van der Waals surface area contributed by atoms with Gasteiger partial charge in [0.15, 0.2) is 0 Å². The van der Waals surface area contributed by atoms with E-state index in [1.54, 1.807) is 12.1 Å². The number of carbonyl (C=O) groups excluding carboxylic acids is 1. The van der Waals surface area contributed by atoms with Crippen LogP contribution in [-0.2, 0) is 11.3 Å². The number of primary amides is 1. The number of phenolic OH excluding ortho intramolecular Hbond substituents is 1. The van der Waals surface area contributed by atoms with Crippen LogP contribution in [0, 0.1) is 5.95 Å². The van der Waals surface area contributed by atoms with Gasteiger partial charge >= 0.3 is 0 Å². The van der Waals surface area contributed by atoms with Gasteiger partial charge in [-0.05, 0) is 49.4 Å². The number of amides is 1. The van der Waals surface area contributed by atoms with Crippen LogP contribution in [0.4, 0.5) is 10.1 Å². The molecule has 1 saturated carbocycles. The maximum Gasteiger partial charge on any atom is 0.253 e. The second kappa shape index (κ2) is 10.9. The van der Waals surface area contributed by atoms with Crippen LogP contribution in [0.5, 0.6) is 5.75 Å². The fourth-order valence-electron chi connectivity index (χ4n) is 3.82. The Hall–Kier alpha value is -3.50. The van der Waals surface area contributed by atoms with Crippen LogP contribution in [0.15, 0.2) is 59.4 Å². The number of pyridine rings is 1. The van der Waals surface area contributed by atoms with Crippen LogP contribution in [0.3, 0.4) is 0 Å². The molecule has 0 aliphatic heterocycles. The molecular formula is C23H30FN7O2. The largest absolute Gasteiger partial charge is 0.508 e. The predicted molar refractivity (Wildman–Crippen MR) is 125 cm³/mol. The smallest absolute Gasteiger partial charge is 0.253 e. The average molecular weight is 456 g/mol. The summed E-state index contributed by atoms with van der Waals surface area (Å²) in [5.74, 6) is -1.34. The Labute approximate surface area is 192 Å². The number of rotatable bonds is 9. The molecule has 2 aromatic rings. The maximum absolute atomic E-state index is 13.3. The highest BCUT2D eigenvalue weighted by molar-refractivity contribution is 6.20. The van der Waals surface area contributed by atoms with E-state index in [2.05, 4.69) is 20.6 Å². The topological polar surface area (TPSA) is 165 Å². The summed E-state index contributed by atoms with van der Waals surface area (Å²) in [5, 5.41) is 16.2. The van der Waals surface area contributed by atoms with Crippen LogP contribution in [0.1, 0.15) is 31.2 Å². The van der Waals surface area contributed by atoms with Crippen molar-refractivity contribution in [1.82, 2.24) is 15.6 Å². The lowest BCUT2D eigenvalue weighted by atomic mass is 9.79. The van der Waals surface area contributed by atoms with Crippen LogP contribution in [0.2, 0.25) is 0 Å². The summed E-state index contributed by atoms with van der Waals surface area (Å²) >= 11 is 0. The number of amidine groups is 1. The first-order chi connectivity index (χ1) is 15.8. The van der Waals surface area contributed by atoms with Gasteiger partial charge in [0.1, 0.15) is 11.6 Å². The molecule has 10 heteroatoms. The van der Waals surface area contributed by atoms with Crippen molar-refractivity contribution in [2.75, 3.05) is 6.54 Å². The van der Waals surface area contributed by atoms with Crippen molar-refractivity contribution in [3.05, 3.63) is 65.9 Å². The van der Waals surface area contributed by atoms with E-state index in [0.717, 1.165) is 37.3 Å². The van der Waals surface area contributed by atoms with Gasteiger partial charge in [-0.15, -0.1) is 0 Å². The molecule has 33 heavy (non-hydrogen) atoms. The summed E-state index contributed by atoms with van der Waals surface area (Å²) in [4.78, 5) is 19.5. The fourth-order valence-corrected chi connectivity index (χ4v) is 3.82. The number of aromatic nitrogens is 1. The number of hydrogen-bond donors (Lipinski definition) is 6. The predicted octanol–water partition coefficient (Wildman–Crippen LogP) is 1.30.